The van der Waals surface area contributed by atoms with Crippen molar-refractivity contribution in [2.24, 2.45) is 0 Å². The lowest BCUT2D eigenvalue weighted by Gasteiger charge is -2.30. The van der Waals surface area contributed by atoms with Crippen molar-refractivity contribution < 1.29 is 13.2 Å². The zero-order valence-electron chi connectivity index (χ0n) is 8.11. The number of rotatable bonds is 6. The van der Waals surface area contributed by atoms with Gasteiger partial charge in [0.15, 0.2) is 8.07 Å². The number of alkyl halides is 3. The fourth-order valence-electron chi connectivity index (χ4n) is 1.43. The van der Waals surface area contributed by atoms with Crippen LogP contribution in [0.2, 0.25) is 18.1 Å². The van der Waals surface area contributed by atoms with Crippen LogP contribution in [0.1, 0.15) is 0 Å². The van der Waals surface area contributed by atoms with Crippen LogP contribution in [0.25, 0.3) is 0 Å². The maximum Gasteiger partial charge on any atom is 0.362 e. The minimum atomic E-state index is -4.11. The number of halogens is 3. The van der Waals surface area contributed by atoms with Crippen LogP contribution in [-0.4, -0.2) is 13.9 Å². The first-order chi connectivity index (χ1) is 6.43. The molecule has 0 N–H and O–H groups in total. The Labute approximate surface area is 83.8 Å². The topological polar surface area (TPSA) is 0 Å². The minimum Gasteiger partial charge on any atom is -0.177 e. The molecule has 0 nitrogen and oxygen atoms in total. The van der Waals surface area contributed by atoms with Gasteiger partial charge in [0, 0.05) is 0 Å². The summed E-state index contributed by atoms with van der Waals surface area (Å²) in [5, 5.41) is 0. The van der Waals surface area contributed by atoms with Crippen molar-refractivity contribution in [2.45, 2.75) is 23.9 Å². The molecule has 0 aromatic carbocycles. The van der Waals surface area contributed by atoms with Gasteiger partial charge < -0.3 is 0 Å². The van der Waals surface area contributed by atoms with Crippen molar-refractivity contribution in [2.75, 3.05) is 0 Å². The first-order valence-electron chi connectivity index (χ1n) is 4.33. The van der Waals surface area contributed by atoms with Gasteiger partial charge in [-0.05, 0) is 18.1 Å². The lowest BCUT2D eigenvalue weighted by atomic mass is 10.7. The van der Waals surface area contributed by atoms with Crippen LogP contribution in [0, 0.1) is 0 Å². The van der Waals surface area contributed by atoms with Gasteiger partial charge >= 0.3 is 5.80 Å². The van der Waals surface area contributed by atoms with Gasteiger partial charge in [-0.15, -0.1) is 19.7 Å². The Hall–Kier alpha value is -0.773. The third-order valence-corrected chi connectivity index (χ3v) is 6.62. The highest BCUT2D eigenvalue weighted by molar-refractivity contribution is 6.82. The van der Waals surface area contributed by atoms with Crippen molar-refractivity contribution >= 4 is 8.07 Å². The molecule has 0 aliphatic heterocycles. The zero-order chi connectivity index (χ0) is 11.2. The van der Waals surface area contributed by atoms with E-state index in [2.05, 4.69) is 19.7 Å². The zero-order valence-corrected chi connectivity index (χ0v) is 9.11. The van der Waals surface area contributed by atoms with Gasteiger partial charge in [-0.1, -0.05) is 18.2 Å². The van der Waals surface area contributed by atoms with Crippen molar-refractivity contribution in [3.63, 3.8) is 0 Å². The van der Waals surface area contributed by atoms with E-state index < -0.39 is 13.9 Å². The van der Waals surface area contributed by atoms with Crippen LogP contribution in [0.5, 0.6) is 0 Å². The molecule has 0 fully saturated rings. The highest BCUT2D eigenvalue weighted by Crippen LogP contribution is 2.38. The molecule has 0 aliphatic rings. The second-order valence-electron chi connectivity index (χ2n) is 3.26. The molecule has 0 aliphatic carbocycles. The summed E-state index contributed by atoms with van der Waals surface area (Å²) in [6.45, 7) is 10.2. The molecule has 0 bridgehead atoms. The average Bonchev–Trinajstić information content (AvgIpc) is 2.03. The van der Waals surface area contributed by atoms with Gasteiger partial charge in [0.2, 0.25) is 0 Å². The fourth-order valence-corrected chi connectivity index (χ4v) is 4.28. The van der Waals surface area contributed by atoms with Crippen LogP contribution in [0.15, 0.2) is 38.0 Å². The average molecular weight is 220 g/mol. The fraction of sp³-hybridized carbons (Fsp3) is 0.400. The summed E-state index contributed by atoms with van der Waals surface area (Å²) < 4.78 is 38.6. The van der Waals surface area contributed by atoms with E-state index in [1.165, 1.54) is 18.2 Å². The number of hydrogen-bond donors (Lipinski definition) is 0. The van der Waals surface area contributed by atoms with Crippen LogP contribution in [-0.2, 0) is 0 Å². The lowest BCUT2D eigenvalue weighted by Crippen LogP contribution is -2.49. The van der Waals surface area contributed by atoms with E-state index in [9.17, 15) is 13.2 Å². The van der Waals surface area contributed by atoms with E-state index in [0.29, 0.717) is 0 Å². The van der Waals surface area contributed by atoms with Crippen LogP contribution in [0.3, 0.4) is 0 Å². The Kier molecular flexibility index (Phi) is 4.91. The van der Waals surface area contributed by atoms with E-state index in [1.807, 2.05) is 0 Å². The molecule has 0 amide bonds. The monoisotopic (exact) mass is 220 g/mol. The SMILES string of the molecule is C=CC[Si](CC=C)(CC=C)C(F)(F)F. The lowest BCUT2D eigenvalue weighted by molar-refractivity contribution is -0.0570. The standard InChI is InChI=1S/C10H15F3Si/c1-4-7-14(8-5-2,9-6-3)10(11,12)13/h4-6H,1-3,7-9H2. The maximum atomic E-state index is 12.9. The smallest absolute Gasteiger partial charge is 0.177 e. The van der Waals surface area contributed by atoms with E-state index in [0.717, 1.165) is 0 Å². The molecule has 0 atom stereocenters. The number of hydrogen-bond acceptors (Lipinski definition) is 0. The first-order valence-corrected chi connectivity index (χ1v) is 6.95. The molecule has 0 aromatic rings. The predicted octanol–water partition coefficient (Wildman–Crippen LogP) is 4.09. The van der Waals surface area contributed by atoms with E-state index in [4.69, 9.17) is 0 Å². The van der Waals surface area contributed by atoms with E-state index in [-0.39, 0.29) is 18.1 Å². The van der Waals surface area contributed by atoms with Gasteiger partial charge in [-0.25, -0.2) is 0 Å². The molecule has 0 aromatic heterocycles. The Morgan fingerprint density at radius 1 is 0.857 bits per heavy atom. The Balaban J connectivity index is 5.00. The summed E-state index contributed by atoms with van der Waals surface area (Å²) >= 11 is 0. The Morgan fingerprint density at radius 3 is 1.29 bits per heavy atom. The predicted molar refractivity (Wildman–Crippen MR) is 56.8 cm³/mol. The second-order valence-corrected chi connectivity index (χ2v) is 7.61. The number of allylic oxidation sites excluding steroid dienone is 3. The first kappa shape index (κ1) is 13.2. The molecule has 0 radical (unpaired) electrons. The quantitative estimate of drug-likeness (QED) is 0.467. The minimum absolute atomic E-state index is 0.0362. The van der Waals surface area contributed by atoms with Crippen LogP contribution < -0.4 is 0 Å². The highest BCUT2D eigenvalue weighted by atomic mass is 28.3. The van der Waals surface area contributed by atoms with Gasteiger partial charge in [0.05, 0.1) is 0 Å². The van der Waals surface area contributed by atoms with Gasteiger partial charge in [-0.2, -0.15) is 13.2 Å². The van der Waals surface area contributed by atoms with Gasteiger partial charge in [0.1, 0.15) is 0 Å². The molecule has 4 heteroatoms. The largest absolute Gasteiger partial charge is 0.362 e. The van der Waals surface area contributed by atoms with E-state index in [1.54, 1.807) is 0 Å². The molecule has 0 spiro atoms. The summed E-state index contributed by atoms with van der Waals surface area (Å²) in [5.41, 5.74) is 0. The normalized spacial score (nSPS) is 12.2. The summed E-state index contributed by atoms with van der Waals surface area (Å²) in [7, 11) is -3.35. The molecule has 80 valence electrons. The summed E-state index contributed by atoms with van der Waals surface area (Å²) in [5.74, 6) is -4.11. The molecule has 0 rings (SSSR count). The van der Waals surface area contributed by atoms with Crippen molar-refractivity contribution in [1.29, 1.82) is 0 Å². The van der Waals surface area contributed by atoms with Crippen molar-refractivity contribution in [3.8, 4) is 0 Å². The second kappa shape index (κ2) is 5.19. The Bertz CT molecular complexity index is 191. The summed E-state index contributed by atoms with van der Waals surface area (Å²) in [4.78, 5) is 0. The van der Waals surface area contributed by atoms with Gasteiger partial charge in [-0.3, -0.25) is 0 Å². The molecular formula is C10H15F3Si. The maximum absolute atomic E-state index is 12.9. The van der Waals surface area contributed by atoms with Crippen molar-refractivity contribution in [3.05, 3.63) is 38.0 Å². The molecule has 0 saturated carbocycles. The van der Waals surface area contributed by atoms with Crippen molar-refractivity contribution in [1.82, 2.24) is 0 Å². The third kappa shape index (κ3) is 2.87. The summed E-state index contributed by atoms with van der Waals surface area (Å²) in [6, 6.07) is 0.109. The van der Waals surface area contributed by atoms with Crippen LogP contribution >= 0.6 is 0 Å². The Morgan fingerprint density at radius 2 is 1.14 bits per heavy atom. The summed E-state index contributed by atoms with van der Waals surface area (Å²) in [6.07, 6.45) is 4.06. The van der Waals surface area contributed by atoms with E-state index >= 15 is 0 Å². The van der Waals surface area contributed by atoms with Gasteiger partial charge in [0.25, 0.3) is 0 Å². The molecular weight excluding hydrogens is 205 g/mol. The highest BCUT2D eigenvalue weighted by Gasteiger charge is 2.54. The van der Waals surface area contributed by atoms with Crippen LogP contribution in [0.4, 0.5) is 13.2 Å². The molecule has 14 heavy (non-hydrogen) atoms. The molecule has 0 heterocycles. The third-order valence-electron chi connectivity index (χ3n) is 2.21. The molecule has 0 saturated heterocycles. The molecule has 0 unspecified atom stereocenters.